The molecule has 102 valence electrons. The first-order chi connectivity index (χ1) is 9.02. The normalized spacial score (nSPS) is 17.3. The van der Waals surface area contributed by atoms with Crippen molar-refractivity contribution < 1.29 is 13.2 Å². The lowest BCUT2D eigenvalue weighted by Crippen LogP contribution is -2.34. The maximum Gasteiger partial charge on any atom is 0.418 e. The fourth-order valence-corrected chi connectivity index (χ4v) is 2.50. The number of anilines is 1. The molecule has 0 aliphatic carbocycles. The van der Waals surface area contributed by atoms with Crippen molar-refractivity contribution in [3.63, 3.8) is 0 Å². The molecule has 5 heteroatoms. The van der Waals surface area contributed by atoms with Crippen molar-refractivity contribution in [2.45, 2.75) is 25.4 Å². The van der Waals surface area contributed by atoms with Gasteiger partial charge in [0.25, 0.3) is 0 Å². The number of para-hydroxylation sites is 1. The molecule has 1 aliphatic rings. The van der Waals surface area contributed by atoms with Gasteiger partial charge in [-0.1, -0.05) is 12.1 Å². The predicted molar refractivity (Wildman–Crippen MR) is 66.6 cm³/mol. The second-order valence-electron chi connectivity index (χ2n) is 4.81. The number of alkyl halides is 3. The third-order valence-corrected chi connectivity index (χ3v) is 3.54. The third kappa shape index (κ3) is 3.19. The van der Waals surface area contributed by atoms with Gasteiger partial charge in [0.1, 0.15) is 0 Å². The van der Waals surface area contributed by atoms with Crippen LogP contribution in [0.1, 0.15) is 24.8 Å². The molecule has 1 fully saturated rings. The highest BCUT2D eigenvalue weighted by atomic mass is 19.4. The van der Waals surface area contributed by atoms with Crippen molar-refractivity contribution >= 4 is 5.69 Å². The monoisotopic (exact) mass is 268 g/mol. The minimum Gasteiger partial charge on any atom is -0.371 e. The summed E-state index contributed by atoms with van der Waals surface area (Å²) >= 11 is 0. The van der Waals surface area contributed by atoms with Crippen LogP contribution in [-0.4, -0.2) is 13.1 Å². The van der Waals surface area contributed by atoms with E-state index in [0.29, 0.717) is 25.4 Å². The molecular formula is C14H15F3N2. The maximum atomic E-state index is 12.9. The lowest BCUT2D eigenvalue weighted by molar-refractivity contribution is -0.137. The fraction of sp³-hybridized carbons (Fsp3) is 0.500. The van der Waals surface area contributed by atoms with Crippen molar-refractivity contribution in [2.75, 3.05) is 18.0 Å². The minimum atomic E-state index is -4.32. The molecule has 0 bridgehead atoms. The summed E-state index contributed by atoms with van der Waals surface area (Å²) in [6.07, 6.45) is -2.27. The first kappa shape index (κ1) is 13.7. The van der Waals surface area contributed by atoms with Gasteiger partial charge in [0.15, 0.2) is 0 Å². The van der Waals surface area contributed by atoms with Gasteiger partial charge in [0.05, 0.1) is 11.6 Å². The number of piperidine rings is 1. The average molecular weight is 268 g/mol. The number of halogens is 3. The summed E-state index contributed by atoms with van der Waals surface area (Å²) in [5, 5.41) is 8.64. The van der Waals surface area contributed by atoms with Gasteiger partial charge in [-0.05, 0) is 30.9 Å². The van der Waals surface area contributed by atoms with E-state index in [9.17, 15) is 13.2 Å². The van der Waals surface area contributed by atoms with Crippen LogP contribution in [0.25, 0.3) is 0 Å². The highest BCUT2D eigenvalue weighted by Gasteiger charge is 2.35. The molecule has 0 spiro atoms. The zero-order valence-electron chi connectivity index (χ0n) is 10.5. The van der Waals surface area contributed by atoms with Gasteiger partial charge in [0, 0.05) is 25.2 Å². The largest absolute Gasteiger partial charge is 0.418 e. The quantitative estimate of drug-likeness (QED) is 0.815. The number of rotatable bonds is 2. The Morgan fingerprint density at radius 1 is 1.21 bits per heavy atom. The van der Waals surface area contributed by atoms with Crippen molar-refractivity contribution in [3.05, 3.63) is 29.8 Å². The van der Waals surface area contributed by atoms with Crippen molar-refractivity contribution in [1.29, 1.82) is 5.26 Å². The molecule has 1 aliphatic heterocycles. The molecule has 0 saturated carbocycles. The zero-order valence-corrected chi connectivity index (χ0v) is 10.5. The lowest BCUT2D eigenvalue weighted by Gasteiger charge is -2.34. The molecule has 0 N–H and O–H groups in total. The molecule has 1 aromatic carbocycles. The van der Waals surface area contributed by atoms with Crippen LogP contribution in [0.4, 0.5) is 18.9 Å². The zero-order chi connectivity index (χ0) is 13.9. The van der Waals surface area contributed by atoms with Crippen molar-refractivity contribution in [3.8, 4) is 6.07 Å². The van der Waals surface area contributed by atoms with Crippen LogP contribution in [0.3, 0.4) is 0 Å². The van der Waals surface area contributed by atoms with Crippen LogP contribution in [0, 0.1) is 17.2 Å². The standard InChI is InChI=1S/C14H15F3N2/c15-14(16,17)12-3-1-2-4-13(12)19-9-6-11(5-8-18)7-10-19/h1-4,11H,5-7,9-10H2. The third-order valence-electron chi connectivity index (χ3n) is 3.54. The number of benzene rings is 1. The summed E-state index contributed by atoms with van der Waals surface area (Å²) in [6, 6.07) is 7.81. The smallest absolute Gasteiger partial charge is 0.371 e. The van der Waals surface area contributed by atoms with Gasteiger partial charge in [0.2, 0.25) is 0 Å². The van der Waals surface area contributed by atoms with E-state index in [2.05, 4.69) is 6.07 Å². The molecule has 1 saturated heterocycles. The van der Waals surface area contributed by atoms with Gasteiger partial charge in [-0.2, -0.15) is 18.4 Å². The molecule has 0 atom stereocenters. The van der Waals surface area contributed by atoms with Crippen molar-refractivity contribution in [1.82, 2.24) is 0 Å². The second-order valence-corrected chi connectivity index (χ2v) is 4.81. The van der Waals surface area contributed by atoms with Gasteiger partial charge < -0.3 is 4.90 Å². The first-order valence-electron chi connectivity index (χ1n) is 6.30. The molecule has 2 nitrogen and oxygen atoms in total. The molecule has 0 radical (unpaired) electrons. The summed E-state index contributed by atoms with van der Waals surface area (Å²) in [5.74, 6) is 0.319. The highest BCUT2D eigenvalue weighted by Crippen LogP contribution is 2.37. The van der Waals surface area contributed by atoms with Crippen LogP contribution in [-0.2, 0) is 6.18 Å². The van der Waals surface area contributed by atoms with Crippen LogP contribution in [0.2, 0.25) is 0 Å². The Morgan fingerprint density at radius 3 is 2.42 bits per heavy atom. The summed E-state index contributed by atoms with van der Waals surface area (Å²) in [7, 11) is 0. The minimum absolute atomic E-state index is 0.255. The molecule has 0 amide bonds. The fourth-order valence-electron chi connectivity index (χ4n) is 2.50. The summed E-state index contributed by atoms with van der Waals surface area (Å²) in [6.45, 7) is 1.17. The first-order valence-corrected chi connectivity index (χ1v) is 6.30. The number of nitriles is 1. The maximum absolute atomic E-state index is 12.9. The van der Waals surface area contributed by atoms with Gasteiger partial charge >= 0.3 is 6.18 Å². The van der Waals surface area contributed by atoms with E-state index < -0.39 is 11.7 Å². The number of hydrogen-bond acceptors (Lipinski definition) is 2. The predicted octanol–water partition coefficient (Wildman–Crippen LogP) is 3.84. The van der Waals surface area contributed by atoms with Gasteiger partial charge in [-0.3, -0.25) is 0 Å². The van der Waals surface area contributed by atoms with E-state index in [1.807, 2.05) is 0 Å². The molecule has 2 rings (SSSR count). The summed E-state index contributed by atoms with van der Waals surface area (Å²) < 4.78 is 38.8. The average Bonchev–Trinajstić information content (AvgIpc) is 2.39. The molecular weight excluding hydrogens is 253 g/mol. The Morgan fingerprint density at radius 2 is 1.84 bits per heavy atom. The van der Waals surface area contributed by atoms with Crippen LogP contribution in [0.15, 0.2) is 24.3 Å². The van der Waals surface area contributed by atoms with Crippen LogP contribution >= 0.6 is 0 Å². The molecule has 1 aromatic rings. The molecule has 19 heavy (non-hydrogen) atoms. The van der Waals surface area contributed by atoms with Crippen molar-refractivity contribution in [2.24, 2.45) is 5.92 Å². The number of hydrogen-bond donors (Lipinski definition) is 0. The van der Waals surface area contributed by atoms with E-state index >= 15 is 0 Å². The van der Waals surface area contributed by atoms with Gasteiger partial charge in [-0.25, -0.2) is 0 Å². The molecule has 1 heterocycles. The highest BCUT2D eigenvalue weighted by molar-refractivity contribution is 5.55. The topological polar surface area (TPSA) is 27.0 Å². The molecule has 0 unspecified atom stereocenters. The van der Waals surface area contributed by atoms with Crippen LogP contribution in [0.5, 0.6) is 0 Å². The second kappa shape index (κ2) is 5.52. The Balaban J connectivity index is 2.14. The molecule has 0 aromatic heterocycles. The van der Waals surface area contributed by atoms with E-state index in [1.165, 1.54) is 12.1 Å². The van der Waals surface area contributed by atoms with Gasteiger partial charge in [-0.15, -0.1) is 0 Å². The number of nitrogens with zero attached hydrogens (tertiary/aromatic N) is 2. The van der Waals surface area contributed by atoms with E-state index in [4.69, 9.17) is 5.26 Å². The lowest BCUT2D eigenvalue weighted by atomic mass is 9.93. The summed E-state index contributed by atoms with van der Waals surface area (Å²) in [4.78, 5) is 1.77. The van der Waals surface area contributed by atoms with E-state index in [-0.39, 0.29) is 5.69 Å². The van der Waals surface area contributed by atoms with E-state index in [1.54, 1.807) is 11.0 Å². The van der Waals surface area contributed by atoms with Crippen LogP contribution < -0.4 is 4.90 Å². The SMILES string of the molecule is N#CCC1CCN(c2ccccc2C(F)(F)F)CC1. The van der Waals surface area contributed by atoms with E-state index in [0.717, 1.165) is 18.9 Å². The Hall–Kier alpha value is -1.70. The Labute approximate surface area is 110 Å². The Bertz CT molecular complexity index is 468. The summed E-state index contributed by atoms with van der Waals surface area (Å²) in [5.41, 5.74) is -0.320. The Kier molecular flexibility index (Phi) is 3.98.